The Kier molecular flexibility index (Phi) is 4.85. The molecular weight excluding hydrogens is 328 g/mol. The van der Waals surface area contributed by atoms with E-state index < -0.39 is 17.7 Å². The summed E-state index contributed by atoms with van der Waals surface area (Å²) < 4.78 is 28.5. The average molecular weight is 349 g/mol. The summed E-state index contributed by atoms with van der Waals surface area (Å²) >= 11 is 0. The molecule has 134 valence electrons. The van der Waals surface area contributed by atoms with Crippen LogP contribution in [0.25, 0.3) is 5.69 Å². The minimum absolute atomic E-state index is 0.0822. The highest BCUT2D eigenvalue weighted by Crippen LogP contribution is 2.23. The van der Waals surface area contributed by atoms with Gasteiger partial charge in [-0.2, -0.15) is 5.10 Å². The first-order valence-electron chi connectivity index (χ1n) is 8.39. The lowest BCUT2D eigenvalue weighted by Crippen LogP contribution is -2.45. The molecule has 0 saturated heterocycles. The highest BCUT2D eigenvalue weighted by Gasteiger charge is 2.27. The molecule has 2 unspecified atom stereocenters. The Morgan fingerprint density at radius 2 is 2.00 bits per heavy atom. The normalized spacial score (nSPS) is 20.5. The Hall–Kier alpha value is -2.28. The van der Waals surface area contributed by atoms with Crippen molar-refractivity contribution < 1.29 is 18.7 Å². The van der Waals surface area contributed by atoms with Crippen LogP contribution in [-0.2, 0) is 0 Å². The third kappa shape index (κ3) is 3.42. The number of hydrogen-bond donors (Lipinski definition) is 2. The first-order valence-corrected chi connectivity index (χ1v) is 8.39. The maximum absolute atomic E-state index is 14.0. The van der Waals surface area contributed by atoms with Gasteiger partial charge in [-0.15, -0.1) is 0 Å². The van der Waals surface area contributed by atoms with Gasteiger partial charge in [0.05, 0.1) is 29.1 Å². The SMILES string of the molecule is Cc1nn(-c2ccc(F)cc2F)c(C)c1C(=O)NC1CCCCC1O. The van der Waals surface area contributed by atoms with Crippen LogP contribution in [0.1, 0.15) is 47.4 Å². The molecular formula is C18H21F2N3O2. The number of aliphatic hydroxyl groups is 1. The summed E-state index contributed by atoms with van der Waals surface area (Å²) in [6.07, 6.45) is 2.75. The zero-order valence-electron chi connectivity index (χ0n) is 14.2. The maximum atomic E-state index is 14.0. The summed E-state index contributed by atoms with van der Waals surface area (Å²) in [6.45, 7) is 3.33. The zero-order chi connectivity index (χ0) is 18.1. The van der Waals surface area contributed by atoms with Gasteiger partial charge in [0.1, 0.15) is 11.5 Å². The lowest BCUT2D eigenvalue weighted by Gasteiger charge is -2.28. The van der Waals surface area contributed by atoms with Crippen LogP contribution >= 0.6 is 0 Å². The summed E-state index contributed by atoms with van der Waals surface area (Å²) in [6, 6.07) is 2.93. The molecule has 2 atom stereocenters. The Balaban J connectivity index is 1.90. The Morgan fingerprint density at radius 3 is 2.68 bits per heavy atom. The molecule has 7 heteroatoms. The highest BCUT2D eigenvalue weighted by molar-refractivity contribution is 5.96. The highest BCUT2D eigenvalue weighted by atomic mass is 19.1. The molecule has 1 fully saturated rings. The fraction of sp³-hybridized carbons (Fsp3) is 0.444. The number of aliphatic hydroxyl groups excluding tert-OH is 1. The van der Waals surface area contributed by atoms with E-state index in [4.69, 9.17) is 0 Å². The number of nitrogens with zero attached hydrogens (tertiary/aromatic N) is 2. The van der Waals surface area contributed by atoms with E-state index in [0.29, 0.717) is 23.4 Å². The molecule has 2 aromatic rings. The molecule has 25 heavy (non-hydrogen) atoms. The molecule has 0 radical (unpaired) electrons. The van der Waals surface area contributed by atoms with Crippen LogP contribution < -0.4 is 5.32 Å². The van der Waals surface area contributed by atoms with E-state index in [2.05, 4.69) is 10.4 Å². The molecule has 1 aliphatic carbocycles. The van der Waals surface area contributed by atoms with Crippen LogP contribution in [0.3, 0.4) is 0 Å². The number of aromatic nitrogens is 2. The monoisotopic (exact) mass is 349 g/mol. The summed E-state index contributed by atoms with van der Waals surface area (Å²) in [5, 5.41) is 17.1. The number of carbonyl (C=O) groups is 1. The van der Waals surface area contributed by atoms with Gasteiger partial charge >= 0.3 is 0 Å². The fourth-order valence-electron chi connectivity index (χ4n) is 3.38. The number of amides is 1. The lowest BCUT2D eigenvalue weighted by molar-refractivity contribution is 0.0716. The van der Waals surface area contributed by atoms with E-state index in [0.717, 1.165) is 31.4 Å². The number of benzene rings is 1. The van der Waals surface area contributed by atoms with Crippen LogP contribution in [0.4, 0.5) is 8.78 Å². The Morgan fingerprint density at radius 1 is 1.28 bits per heavy atom. The van der Waals surface area contributed by atoms with E-state index in [1.807, 2.05) is 0 Å². The molecule has 0 aliphatic heterocycles. The second-order valence-electron chi connectivity index (χ2n) is 6.49. The van der Waals surface area contributed by atoms with E-state index >= 15 is 0 Å². The topological polar surface area (TPSA) is 67.2 Å². The molecule has 2 N–H and O–H groups in total. The van der Waals surface area contributed by atoms with E-state index in [-0.39, 0.29) is 17.6 Å². The minimum atomic E-state index is -0.750. The van der Waals surface area contributed by atoms with Crippen molar-refractivity contribution in [3.8, 4) is 5.69 Å². The van der Waals surface area contributed by atoms with Crippen molar-refractivity contribution >= 4 is 5.91 Å². The van der Waals surface area contributed by atoms with Crippen LogP contribution in [-0.4, -0.2) is 32.9 Å². The van der Waals surface area contributed by atoms with Crippen molar-refractivity contribution in [3.63, 3.8) is 0 Å². The number of aryl methyl sites for hydroxylation is 1. The fourth-order valence-corrected chi connectivity index (χ4v) is 3.38. The van der Waals surface area contributed by atoms with Crippen molar-refractivity contribution in [2.24, 2.45) is 0 Å². The van der Waals surface area contributed by atoms with Gasteiger partial charge in [0.15, 0.2) is 5.82 Å². The van der Waals surface area contributed by atoms with Crippen molar-refractivity contribution in [3.05, 3.63) is 46.8 Å². The van der Waals surface area contributed by atoms with E-state index in [1.54, 1.807) is 13.8 Å². The molecule has 1 amide bonds. The quantitative estimate of drug-likeness (QED) is 0.895. The third-order valence-electron chi connectivity index (χ3n) is 4.70. The van der Waals surface area contributed by atoms with Gasteiger partial charge < -0.3 is 10.4 Å². The number of rotatable bonds is 3. The number of carbonyl (C=O) groups excluding carboxylic acids is 1. The minimum Gasteiger partial charge on any atom is -0.391 e. The lowest BCUT2D eigenvalue weighted by atomic mass is 9.92. The van der Waals surface area contributed by atoms with Gasteiger partial charge in [-0.25, -0.2) is 13.5 Å². The van der Waals surface area contributed by atoms with E-state index in [1.165, 1.54) is 10.7 Å². The average Bonchev–Trinajstić information content (AvgIpc) is 2.84. The summed E-state index contributed by atoms with van der Waals surface area (Å²) in [5.41, 5.74) is 1.34. The molecule has 1 saturated carbocycles. The molecule has 0 spiro atoms. The van der Waals surface area contributed by atoms with Gasteiger partial charge in [0.2, 0.25) is 0 Å². The van der Waals surface area contributed by atoms with Crippen molar-refractivity contribution in [2.45, 2.75) is 51.7 Å². The summed E-state index contributed by atoms with van der Waals surface area (Å²) in [4.78, 5) is 12.7. The molecule has 3 rings (SSSR count). The summed E-state index contributed by atoms with van der Waals surface area (Å²) in [7, 11) is 0. The standard InChI is InChI=1S/C18H21F2N3O2/c1-10-17(18(25)21-14-5-3-4-6-16(14)24)11(2)23(22-10)15-8-7-12(19)9-13(15)20/h7-9,14,16,24H,3-6H2,1-2H3,(H,21,25). The molecule has 1 heterocycles. The Labute approximate surface area is 144 Å². The summed E-state index contributed by atoms with van der Waals surface area (Å²) in [5.74, 6) is -1.76. The first kappa shape index (κ1) is 17.5. The van der Waals surface area contributed by atoms with Crippen molar-refractivity contribution in [1.29, 1.82) is 0 Å². The Bertz CT molecular complexity index is 804. The van der Waals surface area contributed by atoms with Gasteiger partial charge in [0.25, 0.3) is 5.91 Å². The van der Waals surface area contributed by atoms with Crippen LogP contribution in [0.5, 0.6) is 0 Å². The molecule has 1 aromatic carbocycles. The van der Waals surface area contributed by atoms with Gasteiger partial charge in [-0.1, -0.05) is 12.8 Å². The largest absolute Gasteiger partial charge is 0.391 e. The number of hydrogen-bond acceptors (Lipinski definition) is 3. The van der Waals surface area contributed by atoms with E-state index in [9.17, 15) is 18.7 Å². The predicted octanol–water partition coefficient (Wildman–Crippen LogP) is 2.80. The third-order valence-corrected chi connectivity index (χ3v) is 4.70. The molecule has 5 nitrogen and oxygen atoms in total. The molecule has 1 aliphatic rings. The second-order valence-corrected chi connectivity index (χ2v) is 6.49. The van der Waals surface area contributed by atoms with Crippen LogP contribution in [0.15, 0.2) is 18.2 Å². The maximum Gasteiger partial charge on any atom is 0.255 e. The number of halogens is 2. The van der Waals surface area contributed by atoms with Crippen LogP contribution in [0.2, 0.25) is 0 Å². The smallest absolute Gasteiger partial charge is 0.255 e. The van der Waals surface area contributed by atoms with Crippen molar-refractivity contribution in [2.75, 3.05) is 0 Å². The molecule has 1 aromatic heterocycles. The second kappa shape index (κ2) is 6.92. The zero-order valence-corrected chi connectivity index (χ0v) is 14.2. The number of nitrogens with one attached hydrogen (secondary N) is 1. The molecule has 0 bridgehead atoms. The predicted molar refractivity (Wildman–Crippen MR) is 88.7 cm³/mol. The van der Waals surface area contributed by atoms with Crippen LogP contribution in [0, 0.1) is 25.5 Å². The first-order chi connectivity index (χ1) is 11.9. The van der Waals surface area contributed by atoms with Gasteiger partial charge in [-0.3, -0.25) is 4.79 Å². The van der Waals surface area contributed by atoms with Gasteiger partial charge in [0, 0.05) is 6.07 Å². The van der Waals surface area contributed by atoms with Crippen molar-refractivity contribution in [1.82, 2.24) is 15.1 Å². The van der Waals surface area contributed by atoms with Gasteiger partial charge in [-0.05, 0) is 38.8 Å².